The Balaban J connectivity index is 1.64. The Bertz CT molecular complexity index is 1130. The molecule has 0 amide bonds. The number of nitrogens with zero attached hydrogens (tertiary/aromatic N) is 3. The van der Waals surface area contributed by atoms with Crippen LogP contribution in [0.15, 0.2) is 52.3 Å². The third kappa shape index (κ3) is 4.05. The maximum Gasteiger partial charge on any atom is 0.243 e. The molecule has 6 nitrogen and oxygen atoms in total. The maximum atomic E-state index is 13.9. The highest BCUT2D eigenvalue weighted by molar-refractivity contribution is 7.98. The second kappa shape index (κ2) is 8.43. The van der Waals surface area contributed by atoms with E-state index in [1.807, 2.05) is 11.5 Å². The Kier molecular flexibility index (Phi) is 5.91. The lowest BCUT2D eigenvalue weighted by molar-refractivity contribution is 0.0730. The molecule has 2 heterocycles. The molecule has 1 fully saturated rings. The summed E-state index contributed by atoms with van der Waals surface area (Å²) < 4.78 is 48.5. The smallest absolute Gasteiger partial charge is 0.243 e. The van der Waals surface area contributed by atoms with Crippen LogP contribution >= 0.6 is 11.8 Å². The Morgan fingerprint density at radius 2 is 1.93 bits per heavy atom. The number of halogens is 1. The number of aryl methyl sites for hydroxylation is 1. The van der Waals surface area contributed by atoms with Crippen molar-refractivity contribution in [1.82, 2.24) is 13.9 Å². The summed E-state index contributed by atoms with van der Waals surface area (Å²) in [5.41, 5.74) is 1.50. The van der Waals surface area contributed by atoms with E-state index in [0.717, 1.165) is 11.3 Å². The molecular formula is C20H22FN3O3S2. The fraction of sp³-hybridized carbons (Fsp3) is 0.350. The van der Waals surface area contributed by atoms with Crippen LogP contribution < -0.4 is 0 Å². The summed E-state index contributed by atoms with van der Waals surface area (Å²) >= 11 is 1.38. The summed E-state index contributed by atoms with van der Waals surface area (Å²) in [4.78, 5) is 5.46. The fourth-order valence-corrected chi connectivity index (χ4v) is 5.74. The third-order valence-corrected chi connectivity index (χ3v) is 7.86. The van der Waals surface area contributed by atoms with Gasteiger partial charge in [-0.15, -0.1) is 11.8 Å². The molecule has 1 saturated heterocycles. The van der Waals surface area contributed by atoms with Crippen molar-refractivity contribution in [2.24, 2.45) is 0 Å². The van der Waals surface area contributed by atoms with E-state index in [-0.39, 0.29) is 10.7 Å². The van der Waals surface area contributed by atoms with Crippen molar-refractivity contribution in [3.05, 3.63) is 54.1 Å². The maximum absolute atomic E-state index is 13.9. The number of hydrogen-bond acceptors (Lipinski definition) is 5. The first-order valence-corrected chi connectivity index (χ1v) is 11.9. The first-order valence-electron chi connectivity index (χ1n) is 9.45. The number of morpholine rings is 1. The SMILES string of the molecule is CCn1c(CSc2ccccc2F)nc2cc(S(=O)(=O)N3CCOCC3)ccc21. The van der Waals surface area contributed by atoms with Gasteiger partial charge in [0, 0.05) is 24.5 Å². The molecule has 3 aromatic rings. The molecular weight excluding hydrogens is 413 g/mol. The van der Waals surface area contributed by atoms with Gasteiger partial charge in [-0.25, -0.2) is 17.8 Å². The molecule has 1 aliphatic rings. The van der Waals surface area contributed by atoms with Crippen LogP contribution in [0.4, 0.5) is 4.39 Å². The minimum absolute atomic E-state index is 0.237. The van der Waals surface area contributed by atoms with Gasteiger partial charge in [0.25, 0.3) is 0 Å². The molecule has 1 aliphatic heterocycles. The fourth-order valence-electron chi connectivity index (χ4n) is 3.42. The van der Waals surface area contributed by atoms with E-state index in [2.05, 4.69) is 4.98 Å². The number of hydrogen-bond donors (Lipinski definition) is 0. The number of thioether (sulfide) groups is 1. The predicted octanol–water partition coefficient (Wildman–Crippen LogP) is 3.51. The van der Waals surface area contributed by atoms with Gasteiger partial charge < -0.3 is 9.30 Å². The molecule has 4 rings (SSSR count). The van der Waals surface area contributed by atoms with Crippen molar-refractivity contribution >= 4 is 32.8 Å². The van der Waals surface area contributed by atoms with Crippen LogP contribution in [0.5, 0.6) is 0 Å². The largest absolute Gasteiger partial charge is 0.379 e. The second-order valence-corrected chi connectivity index (χ2v) is 9.61. The van der Waals surface area contributed by atoms with Gasteiger partial charge in [-0.1, -0.05) is 12.1 Å². The summed E-state index contributed by atoms with van der Waals surface area (Å²) in [6.07, 6.45) is 0. The zero-order chi connectivity index (χ0) is 20.4. The van der Waals surface area contributed by atoms with Crippen LogP contribution in [-0.4, -0.2) is 48.6 Å². The minimum atomic E-state index is -3.58. The lowest BCUT2D eigenvalue weighted by Gasteiger charge is -2.26. The summed E-state index contributed by atoms with van der Waals surface area (Å²) in [6.45, 7) is 4.23. The van der Waals surface area contributed by atoms with Crippen LogP contribution in [-0.2, 0) is 27.1 Å². The molecule has 9 heteroatoms. The van der Waals surface area contributed by atoms with E-state index in [9.17, 15) is 12.8 Å². The van der Waals surface area contributed by atoms with Crippen LogP contribution in [0, 0.1) is 5.82 Å². The highest BCUT2D eigenvalue weighted by Gasteiger charge is 2.27. The quantitative estimate of drug-likeness (QED) is 0.555. The number of sulfonamides is 1. The number of rotatable bonds is 6. The number of aromatic nitrogens is 2. The molecule has 2 aromatic carbocycles. The second-order valence-electron chi connectivity index (χ2n) is 6.66. The Morgan fingerprint density at radius 3 is 2.66 bits per heavy atom. The number of fused-ring (bicyclic) bond motifs is 1. The monoisotopic (exact) mass is 435 g/mol. The molecule has 154 valence electrons. The van der Waals surface area contributed by atoms with Gasteiger partial charge in [0.15, 0.2) is 0 Å². The average molecular weight is 436 g/mol. The molecule has 29 heavy (non-hydrogen) atoms. The highest BCUT2D eigenvalue weighted by Crippen LogP contribution is 2.28. The predicted molar refractivity (Wildman–Crippen MR) is 111 cm³/mol. The van der Waals surface area contributed by atoms with E-state index < -0.39 is 10.0 Å². The lowest BCUT2D eigenvalue weighted by Crippen LogP contribution is -2.40. The van der Waals surface area contributed by atoms with E-state index in [1.165, 1.54) is 22.1 Å². The summed E-state index contributed by atoms with van der Waals surface area (Å²) in [5, 5.41) is 0. The molecule has 0 bridgehead atoms. The van der Waals surface area contributed by atoms with Gasteiger partial charge in [-0.3, -0.25) is 0 Å². The number of imidazole rings is 1. The number of ether oxygens (including phenoxy) is 1. The van der Waals surface area contributed by atoms with Crippen LogP contribution in [0.3, 0.4) is 0 Å². The first-order chi connectivity index (χ1) is 14.0. The summed E-state index contributed by atoms with van der Waals surface area (Å²) in [7, 11) is -3.58. The van der Waals surface area contributed by atoms with E-state index in [0.29, 0.717) is 49.0 Å². The molecule has 1 aromatic heterocycles. The first kappa shape index (κ1) is 20.3. The molecule has 0 N–H and O–H groups in total. The van der Waals surface area contributed by atoms with Crippen molar-refractivity contribution in [2.75, 3.05) is 26.3 Å². The van der Waals surface area contributed by atoms with Crippen molar-refractivity contribution in [2.45, 2.75) is 29.0 Å². The van der Waals surface area contributed by atoms with E-state index >= 15 is 0 Å². The molecule has 0 aliphatic carbocycles. The molecule has 0 spiro atoms. The van der Waals surface area contributed by atoms with Crippen molar-refractivity contribution in [1.29, 1.82) is 0 Å². The van der Waals surface area contributed by atoms with Crippen LogP contribution in [0.25, 0.3) is 11.0 Å². The summed E-state index contributed by atoms with van der Waals surface area (Å²) in [5.74, 6) is 1.03. The Morgan fingerprint density at radius 1 is 1.17 bits per heavy atom. The molecule has 0 atom stereocenters. The molecule has 0 radical (unpaired) electrons. The van der Waals surface area contributed by atoms with Crippen molar-refractivity contribution in [3.63, 3.8) is 0 Å². The molecule has 0 unspecified atom stereocenters. The zero-order valence-corrected chi connectivity index (χ0v) is 17.7. The Hall–Kier alpha value is -1.94. The zero-order valence-electron chi connectivity index (χ0n) is 16.0. The van der Waals surface area contributed by atoms with Crippen molar-refractivity contribution < 1.29 is 17.5 Å². The van der Waals surface area contributed by atoms with Crippen LogP contribution in [0.2, 0.25) is 0 Å². The van der Waals surface area contributed by atoms with Gasteiger partial charge in [0.1, 0.15) is 11.6 Å². The normalized spacial score (nSPS) is 15.8. The van der Waals surface area contributed by atoms with E-state index in [4.69, 9.17) is 4.74 Å². The molecule has 0 saturated carbocycles. The van der Waals surface area contributed by atoms with Crippen LogP contribution in [0.1, 0.15) is 12.7 Å². The van der Waals surface area contributed by atoms with E-state index in [1.54, 1.807) is 36.4 Å². The lowest BCUT2D eigenvalue weighted by atomic mass is 10.3. The van der Waals surface area contributed by atoms with Gasteiger partial charge in [-0.05, 0) is 37.3 Å². The minimum Gasteiger partial charge on any atom is -0.379 e. The average Bonchev–Trinajstić information content (AvgIpc) is 3.10. The van der Waals surface area contributed by atoms with Gasteiger partial charge in [-0.2, -0.15) is 4.31 Å². The highest BCUT2D eigenvalue weighted by atomic mass is 32.2. The third-order valence-electron chi connectivity index (χ3n) is 4.92. The Labute approximate surface area is 173 Å². The van der Waals surface area contributed by atoms with Gasteiger partial charge >= 0.3 is 0 Å². The van der Waals surface area contributed by atoms with Gasteiger partial charge in [0.05, 0.1) is 34.9 Å². The topological polar surface area (TPSA) is 64.4 Å². The van der Waals surface area contributed by atoms with Gasteiger partial charge in [0.2, 0.25) is 10.0 Å². The van der Waals surface area contributed by atoms with Crippen molar-refractivity contribution in [3.8, 4) is 0 Å². The standard InChI is InChI=1S/C20H22FN3O3S2/c1-2-24-18-8-7-15(29(25,26)23-9-11-27-12-10-23)13-17(18)22-20(24)14-28-19-6-4-3-5-16(19)21/h3-8,13H,2,9-12,14H2,1H3. The summed E-state index contributed by atoms with van der Waals surface area (Å²) in [6, 6.07) is 11.7. The number of benzene rings is 2.